The molecule has 0 N–H and O–H groups in total. The molecule has 0 saturated heterocycles. The summed E-state index contributed by atoms with van der Waals surface area (Å²) in [6.45, 7) is 1.87. The van der Waals surface area contributed by atoms with Crippen molar-refractivity contribution in [3.8, 4) is 5.75 Å². The zero-order valence-electron chi connectivity index (χ0n) is 18.7. The van der Waals surface area contributed by atoms with E-state index in [1.165, 1.54) is 6.92 Å². The van der Waals surface area contributed by atoms with E-state index in [0.717, 1.165) is 22.4 Å². The molecule has 33 heavy (non-hydrogen) atoms. The van der Waals surface area contributed by atoms with Crippen LogP contribution in [0.3, 0.4) is 0 Å². The maximum atomic E-state index is 13.7. The summed E-state index contributed by atoms with van der Waals surface area (Å²) in [4.78, 5) is 27.7. The molecule has 0 bridgehead atoms. The number of rotatable bonds is 5. The standard InChI is InChI=1S/C28H25NO4/c1-19(30)33-25-16-17-28(26(25)21-12-14-22(32-2)15-13-21)24-11-7-6-10-23(24)27(31)29(28)18-20-8-4-3-5-9-20/h3-16,26H,17-18H2,1-2H3/t26-,28+/m0/s1. The van der Waals surface area contributed by atoms with Gasteiger partial charge in [-0.3, -0.25) is 9.59 Å². The highest BCUT2D eigenvalue weighted by Crippen LogP contribution is 2.58. The third-order valence-electron chi connectivity index (χ3n) is 6.62. The molecule has 5 heteroatoms. The summed E-state index contributed by atoms with van der Waals surface area (Å²) in [5.41, 5.74) is 2.98. The lowest BCUT2D eigenvalue weighted by atomic mass is 9.75. The Kier molecular flexibility index (Phi) is 5.25. The van der Waals surface area contributed by atoms with Gasteiger partial charge in [0.05, 0.1) is 18.6 Å². The molecule has 2 aliphatic rings. The van der Waals surface area contributed by atoms with E-state index < -0.39 is 5.54 Å². The number of ether oxygens (including phenoxy) is 2. The highest BCUT2D eigenvalue weighted by molar-refractivity contribution is 6.00. The molecule has 1 amide bonds. The van der Waals surface area contributed by atoms with Gasteiger partial charge in [0, 0.05) is 19.0 Å². The minimum absolute atomic E-state index is 0.00885. The molecule has 0 saturated carbocycles. The van der Waals surface area contributed by atoms with Crippen LogP contribution < -0.4 is 4.74 Å². The van der Waals surface area contributed by atoms with Crippen molar-refractivity contribution in [3.05, 3.63) is 113 Å². The van der Waals surface area contributed by atoms with Crippen molar-refractivity contribution in [1.29, 1.82) is 0 Å². The van der Waals surface area contributed by atoms with Gasteiger partial charge in [0.1, 0.15) is 11.5 Å². The van der Waals surface area contributed by atoms with Crippen molar-refractivity contribution >= 4 is 11.9 Å². The second-order valence-electron chi connectivity index (χ2n) is 8.46. The molecule has 0 aromatic heterocycles. The Labute approximate surface area is 193 Å². The number of carbonyl (C=O) groups is 2. The monoisotopic (exact) mass is 439 g/mol. The Morgan fingerprint density at radius 2 is 1.70 bits per heavy atom. The van der Waals surface area contributed by atoms with E-state index in [9.17, 15) is 9.59 Å². The van der Waals surface area contributed by atoms with Crippen molar-refractivity contribution in [2.45, 2.75) is 31.3 Å². The van der Waals surface area contributed by atoms with Gasteiger partial charge in [-0.2, -0.15) is 0 Å². The van der Waals surface area contributed by atoms with Crippen LogP contribution in [0, 0.1) is 0 Å². The van der Waals surface area contributed by atoms with Crippen LogP contribution in [0.1, 0.15) is 46.3 Å². The number of fused-ring (bicyclic) bond motifs is 2. The molecule has 1 aliphatic carbocycles. The van der Waals surface area contributed by atoms with Crippen LogP contribution in [-0.2, 0) is 21.6 Å². The van der Waals surface area contributed by atoms with Crippen molar-refractivity contribution in [3.63, 3.8) is 0 Å². The van der Waals surface area contributed by atoms with Gasteiger partial charge >= 0.3 is 5.97 Å². The van der Waals surface area contributed by atoms with Gasteiger partial charge in [0.25, 0.3) is 5.91 Å². The molecule has 3 aromatic carbocycles. The fourth-order valence-electron chi connectivity index (χ4n) is 5.26. The molecule has 166 valence electrons. The van der Waals surface area contributed by atoms with Gasteiger partial charge in [-0.25, -0.2) is 0 Å². The molecule has 5 nitrogen and oxygen atoms in total. The average molecular weight is 440 g/mol. The maximum Gasteiger partial charge on any atom is 0.307 e. The van der Waals surface area contributed by atoms with E-state index >= 15 is 0 Å². The summed E-state index contributed by atoms with van der Waals surface area (Å²) in [7, 11) is 1.63. The number of nitrogens with zero attached hydrogens (tertiary/aromatic N) is 1. The van der Waals surface area contributed by atoms with E-state index in [1.807, 2.05) is 89.8 Å². The zero-order valence-corrected chi connectivity index (χ0v) is 18.7. The largest absolute Gasteiger partial charge is 0.497 e. The normalized spacial score (nSPS) is 21.2. The zero-order chi connectivity index (χ0) is 23.0. The van der Waals surface area contributed by atoms with Gasteiger partial charge in [-0.05, 0) is 47.4 Å². The van der Waals surface area contributed by atoms with Crippen LogP contribution in [0.2, 0.25) is 0 Å². The van der Waals surface area contributed by atoms with Crippen molar-refractivity contribution in [1.82, 2.24) is 4.90 Å². The topological polar surface area (TPSA) is 55.8 Å². The molecular weight excluding hydrogens is 414 g/mol. The molecule has 1 spiro atoms. The fourth-order valence-corrected chi connectivity index (χ4v) is 5.26. The Morgan fingerprint density at radius 3 is 2.39 bits per heavy atom. The van der Waals surface area contributed by atoms with Crippen LogP contribution in [0.5, 0.6) is 5.75 Å². The van der Waals surface area contributed by atoms with Crippen LogP contribution >= 0.6 is 0 Å². The molecular formula is C28H25NO4. The van der Waals surface area contributed by atoms with Crippen LogP contribution in [0.25, 0.3) is 0 Å². The van der Waals surface area contributed by atoms with Crippen LogP contribution in [0.15, 0.2) is 90.7 Å². The molecule has 2 atom stereocenters. The second kappa shape index (κ2) is 8.24. The summed E-state index contributed by atoms with van der Waals surface area (Å²) < 4.78 is 11.1. The molecule has 0 radical (unpaired) electrons. The Balaban J connectivity index is 1.69. The lowest BCUT2D eigenvalue weighted by Gasteiger charge is -2.42. The molecule has 1 aliphatic heterocycles. The summed E-state index contributed by atoms with van der Waals surface area (Å²) >= 11 is 0. The summed E-state index contributed by atoms with van der Waals surface area (Å²) in [5, 5.41) is 0. The number of carbonyl (C=O) groups excluding carboxylic acids is 2. The Morgan fingerprint density at radius 1 is 1.00 bits per heavy atom. The van der Waals surface area contributed by atoms with Gasteiger partial charge in [-0.15, -0.1) is 0 Å². The van der Waals surface area contributed by atoms with Crippen molar-refractivity contribution in [2.24, 2.45) is 0 Å². The quantitative estimate of drug-likeness (QED) is 0.514. The highest BCUT2D eigenvalue weighted by Gasteiger charge is 2.58. The Hall–Kier alpha value is -3.86. The fraction of sp³-hybridized carbons (Fsp3) is 0.214. The Bertz CT molecular complexity index is 1230. The summed E-state index contributed by atoms with van der Waals surface area (Å²) in [6.07, 6.45) is 2.52. The summed E-state index contributed by atoms with van der Waals surface area (Å²) in [6, 6.07) is 25.5. The first-order chi connectivity index (χ1) is 16.0. The van der Waals surface area contributed by atoms with Crippen LogP contribution in [0.4, 0.5) is 0 Å². The SMILES string of the molecule is COc1ccc([C@H]2C(OC(C)=O)=CC[C@@]23c2ccccc2C(=O)N3Cc2ccccc2)cc1. The smallest absolute Gasteiger partial charge is 0.307 e. The lowest BCUT2D eigenvalue weighted by Crippen LogP contribution is -2.46. The van der Waals surface area contributed by atoms with E-state index in [-0.39, 0.29) is 17.8 Å². The molecule has 3 aromatic rings. The van der Waals surface area contributed by atoms with E-state index in [4.69, 9.17) is 9.47 Å². The third kappa shape index (κ3) is 3.41. The predicted molar refractivity (Wildman–Crippen MR) is 125 cm³/mol. The summed E-state index contributed by atoms with van der Waals surface area (Å²) in [5.74, 6) is 0.612. The number of esters is 1. The molecule has 5 rings (SSSR count). The van der Waals surface area contributed by atoms with Gasteiger partial charge in [0.15, 0.2) is 0 Å². The second-order valence-corrected chi connectivity index (χ2v) is 8.46. The minimum Gasteiger partial charge on any atom is -0.497 e. The maximum absolute atomic E-state index is 13.7. The van der Waals surface area contributed by atoms with Crippen LogP contribution in [-0.4, -0.2) is 23.9 Å². The van der Waals surface area contributed by atoms with E-state index in [1.54, 1.807) is 7.11 Å². The lowest BCUT2D eigenvalue weighted by molar-refractivity contribution is -0.137. The molecule has 0 fully saturated rings. The van der Waals surface area contributed by atoms with E-state index in [0.29, 0.717) is 24.3 Å². The van der Waals surface area contributed by atoms with Gasteiger partial charge in [-0.1, -0.05) is 60.7 Å². The van der Waals surface area contributed by atoms with Gasteiger partial charge < -0.3 is 14.4 Å². The minimum atomic E-state index is -0.692. The highest BCUT2D eigenvalue weighted by atomic mass is 16.5. The van der Waals surface area contributed by atoms with Gasteiger partial charge in [0.2, 0.25) is 0 Å². The molecule has 1 heterocycles. The first-order valence-electron chi connectivity index (χ1n) is 11.0. The predicted octanol–water partition coefficient (Wildman–Crippen LogP) is 5.18. The number of hydrogen-bond acceptors (Lipinski definition) is 4. The average Bonchev–Trinajstić information content (AvgIpc) is 3.31. The van der Waals surface area contributed by atoms with Crippen molar-refractivity contribution in [2.75, 3.05) is 7.11 Å². The first kappa shape index (κ1) is 21.0. The number of amides is 1. The third-order valence-corrected chi connectivity index (χ3v) is 6.62. The first-order valence-corrected chi connectivity index (χ1v) is 11.0. The van der Waals surface area contributed by atoms with E-state index in [2.05, 4.69) is 0 Å². The number of methoxy groups -OCH3 is 1. The van der Waals surface area contributed by atoms with Crippen molar-refractivity contribution < 1.29 is 19.1 Å². The number of hydrogen-bond donors (Lipinski definition) is 0. The number of benzene rings is 3. The molecule has 0 unspecified atom stereocenters.